The van der Waals surface area contributed by atoms with Crippen LogP contribution >= 0.6 is 0 Å². The molecule has 2 N–H and O–H groups in total. The molecule has 0 heterocycles. The highest BCUT2D eigenvalue weighted by Gasteiger charge is 2.22. The number of benzene rings is 2. The van der Waals surface area contributed by atoms with Crippen LogP contribution in [0.1, 0.15) is 23.5 Å². The summed E-state index contributed by atoms with van der Waals surface area (Å²) in [5.74, 6) is -2.08. The molecule has 2 aromatic carbocycles. The second-order valence-corrected chi connectivity index (χ2v) is 4.77. The van der Waals surface area contributed by atoms with Crippen LogP contribution in [-0.4, -0.2) is 17.0 Å². The third-order valence-corrected chi connectivity index (χ3v) is 3.22. The first-order valence-corrected chi connectivity index (χ1v) is 6.75. The summed E-state index contributed by atoms with van der Waals surface area (Å²) in [6.07, 6.45) is -0.0633. The summed E-state index contributed by atoms with van der Waals surface area (Å²) in [5.41, 5.74) is 1.62. The first-order chi connectivity index (χ1) is 10.2. The van der Waals surface area contributed by atoms with E-state index in [1.54, 1.807) is 24.3 Å². The van der Waals surface area contributed by atoms with Gasteiger partial charge in [-0.05, 0) is 11.1 Å². The van der Waals surface area contributed by atoms with Gasteiger partial charge in [-0.2, -0.15) is 0 Å². The lowest BCUT2D eigenvalue weighted by atomic mass is 9.95. The van der Waals surface area contributed by atoms with Crippen molar-refractivity contribution in [3.05, 3.63) is 71.8 Å². The molecule has 4 heteroatoms. The molecule has 2 rings (SSSR count). The molecule has 1 atom stereocenters. The molecule has 0 spiro atoms. The van der Waals surface area contributed by atoms with Crippen LogP contribution in [0, 0.1) is 0 Å². The van der Waals surface area contributed by atoms with E-state index in [0.717, 1.165) is 5.56 Å². The quantitative estimate of drug-likeness (QED) is 0.856. The van der Waals surface area contributed by atoms with Gasteiger partial charge >= 0.3 is 5.97 Å². The van der Waals surface area contributed by atoms with E-state index in [4.69, 9.17) is 0 Å². The Bertz CT molecular complexity index is 596. The van der Waals surface area contributed by atoms with Gasteiger partial charge in [0, 0.05) is 13.0 Å². The average molecular weight is 283 g/mol. The van der Waals surface area contributed by atoms with E-state index in [-0.39, 0.29) is 12.3 Å². The zero-order valence-electron chi connectivity index (χ0n) is 11.5. The number of carboxylic acids is 1. The number of nitrogens with one attached hydrogen (secondary N) is 1. The number of hydrogen-bond acceptors (Lipinski definition) is 2. The molecular weight excluding hydrogens is 266 g/mol. The molecule has 21 heavy (non-hydrogen) atoms. The van der Waals surface area contributed by atoms with Crippen molar-refractivity contribution in [2.24, 2.45) is 0 Å². The SMILES string of the molecule is O=C(C[C@H](C(=O)O)c1ccccc1)NCc1ccccc1. The summed E-state index contributed by atoms with van der Waals surface area (Å²) < 4.78 is 0. The maximum atomic E-state index is 11.9. The van der Waals surface area contributed by atoms with Gasteiger partial charge in [0.05, 0.1) is 5.92 Å². The lowest BCUT2D eigenvalue weighted by molar-refractivity contribution is -0.140. The van der Waals surface area contributed by atoms with Gasteiger partial charge in [-0.25, -0.2) is 0 Å². The normalized spacial score (nSPS) is 11.6. The van der Waals surface area contributed by atoms with Crippen LogP contribution in [0.2, 0.25) is 0 Å². The van der Waals surface area contributed by atoms with Crippen LogP contribution in [0.25, 0.3) is 0 Å². The number of amides is 1. The number of hydrogen-bond donors (Lipinski definition) is 2. The van der Waals surface area contributed by atoms with Gasteiger partial charge in [0.1, 0.15) is 0 Å². The molecule has 0 aromatic heterocycles. The van der Waals surface area contributed by atoms with Crippen molar-refractivity contribution in [1.82, 2.24) is 5.32 Å². The van der Waals surface area contributed by atoms with Crippen molar-refractivity contribution in [3.63, 3.8) is 0 Å². The molecule has 0 saturated heterocycles. The van der Waals surface area contributed by atoms with E-state index >= 15 is 0 Å². The number of aliphatic carboxylic acids is 1. The van der Waals surface area contributed by atoms with Gasteiger partial charge in [0.15, 0.2) is 0 Å². The van der Waals surface area contributed by atoms with Gasteiger partial charge < -0.3 is 10.4 Å². The molecule has 0 fully saturated rings. The maximum absolute atomic E-state index is 11.9. The van der Waals surface area contributed by atoms with Gasteiger partial charge in [-0.15, -0.1) is 0 Å². The van der Waals surface area contributed by atoms with Gasteiger partial charge in [0.25, 0.3) is 0 Å². The minimum absolute atomic E-state index is 0.0633. The monoisotopic (exact) mass is 283 g/mol. The summed E-state index contributed by atoms with van der Waals surface area (Å²) in [6.45, 7) is 0.404. The van der Waals surface area contributed by atoms with Crippen molar-refractivity contribution >= 4 is 11.9 Å². The number of carbonyl (C=O) groups is 2. The van der Waals surface area contributed by atoms with E-state index in [1.807, 2.05) is 36.4 Å². The van der Waals surface area contributed by atoms with E-state index in [9.17, 15) is 14.7 Å². The smallest absolute Gasteiger partial charge is 0.311 e. The third-order valence-electron chi connectivity index (χ3n) is 3.22. The topological polar surface area (TPSA) is 66.4 Å². The van der Waals surface area contributed by atoms with Gasteiger partial charge in [-0.1, -0.05) is 60.7 Å². The highest BCUT2D eigenvalue weighted by molar-refractivity contribution is 5.85. The van der Waals surface area contributed by atoms with Crippen molar-refractivity contribution in [2.45, 2.75) is 18.9 Å². The second kappa shape index (κ2) is 7.24. The average Bonchev–Trinajstić information content (AvgIpc) is 2.52. The summed E-state index contributed by atoms with van der Waals surface area (Å²) in [4.78, 5) is 23.3. The van der Waals surface area contributed by atoms with Crippen LogP contribution in [0.4, 0.5) is 0 Å². The standard InChI is InChI=1S/C17H17NO3/c19-16(18-12-13-7-3-1-4-8-13)11-15(17(20)21)14-9-5-2-6-10-14/h1-10,15H,11-12H2,(H,18,19)(H,20,21)/t15-/m0/s1. The van der Waals surface area contributed by atoms with Crippen molar-refractivity contribution in [1.29, 1.82) is 0 Å². The zero-order chi connectivity index (χ0) is 15.1. The Labute approximate surface area is 123 Å². The van der Waals surface area contributed by atoms with Crippen molar-refractivity contribution in [2.75, 3.05) is 0 Å². The first kappa shape index (κ1) is 14.8. The molecule has 0 saturated carbocycles. The summed E-state index contributed by atoms with van der Waals surface area (Å²) in [6, 6.07) is 18.3. The lowest BCUT2D eigenvalue weighted by Crippen LogP contribution is -2.27. The maximum Gasteiger partial charge on any atom is 0.311 e. The number of carbonyl (C=O) groups excluding carboxylic acids is 1. The molecule has 4 nitrogen and oxygen atoms in total. The fourth-order valence-electron chi connectivity index (χ4n) is 2.09. The predicted molar refractivity (Wildman–Crippen MR) is 79.7 cm³/mol. The molecule has 0 aliphatic heterocycles. The summed E-state index contributed by atoms with van der Waals surface area (Å²) in [7, 11) is 0. The van der Waals surface area contributed by atoms with Gasteiger partial charge in [0.2, 0.25) is 5.91 Å². The van der Waals surface area contributed by atoms with E-state index in [0.29, 0.717) is 12.1 Å². The molecule has 0 unspecified atom stereocenters. The Morgan fingerprint density at radius 1 is 0.952 bits per heavy atom. The predicted octanol–water partition coefficient (Wildman–Crippen LogP) is 2.56. The number of carboxylic acid groups (broad SMARTS) is 1. The van der Waals surface area contributed by atoms with E-state index in [2.05, 4.69) is 5.32 Å². The van der Waals surface area contributed by atoms with Crippen LogP contribution in [-0.2, 0) is 16.1 Å². The van der Waals surface area contributed by atoms with Crippen LogP contribution < -0.4 is 5.32 Å². The Balaban J connectivity index is 1.95. The largest absolute Gasteiger partial charge is 0.481 e. The molecule has 0 aliphatic carbocycles. The minimum Gasteiger partial charge on any atom is -0.481 e. The fraction of sp³-hybridized carbons (Fsp3) is 0.176. The molecule has 108 valence electrons. The van der Waals surface area contributed by atoms with Crippen molar-refractivity contribution < 1.29 is 14.7 Å². The number of rotatable bonds is 6. The van der Waals surface area contributed by atoms with Crippen LogP contribution in [0.5, 0.6) is 0 Å². The molecule has 0 radical (unpaired) electrons. The van der Waals surface area contributed by atoms with E-state index < -0.39 is 11.9 Å². The van der Waals surface area contributed by atoms with Crippen LogP contribution in [0.3, 0.4) is 0 Å². The minimum atomic E-state index is -0.990. The summed E-state index contributed by atoms with van der Waals surface area (Å²) >= 11 is 0. The zero-order valence-corrected chi connectivity index (χ0v) is 11.5. The Hall–Kier alpha value is -2.62. The fourth-order valence-corrected chi connectivity index (χ4v) is 2.09. The second-order valence-electron chi connectivity index (χ2n) is 4.77. The third kappa shape index (κ3) is 4.45. The summed E-state index contributed by atoms with van der Waals surface area (Å²) in [5, 5.41) is 12.0. The highest BCUT2D eigenvalue weighted by Crippen LogP contribution is 2.19. The van der Waals surface area contributed by atoms with Crippen molar-refractivity contribution in [3.8, 4) is 0 Å². The molecular formula is C17H17NO3. The molecule has 2 aromatic rings. The Kier molecular flexibility index (Phi) is 5.10. The van der Waals surface area contributed by atoms with Gasteiger partial charge in [-0.3, -0.25) is 9.59 Å². The highest BCUT2D eigenvalue weighted by atomic mass is 16.4. The molecule has 1 amide bonds. The first-order valence-electron chi connectivity index (χ1n) is 6.75. The van der Waals surface area contributed by atoms with Crippen LogP contribution in [0.15, 0.2) is 60.7 Å². The lowest BCUT2D eigenvalue weighted by Gasteiger charge is -2.12. The molecule has 0 aliphatic rings. The molecule has 0 bridgehead atoms. The Morgan fingerprint density at radius 3 is 2.10 bits per heavy atom. The Morgan fingerprint density at radius 2 is 1.52 bits per heavy atom. The van der Waals surface area contributed by atoms with E-state index in [1.165, 1.54) is 0 Å².